The van der Waals surface area contributed by atoms with E-state index in [1.165, 1.54) is 36.1 Å². The van der Waals surface area contributed by atoms with Crippen LogP contribution < -0.4 is 59.3 Å². The van der Waals surface area contributed by atoms with Gasteiger partial charge in [0.1, 0.15) is 48.3 Å². The molecule has 38 heteroatoms. The first-order chi connectivity index (χ1) is 49.8. The van der Waals surface area contributed by atoms with Gasteiger partial charge in [-0.15, -0.1) is 0 Å². The van der Waals surface area contributed by atoms with Crippen LogP contribution in [0.15, 0.2) is 43.0 Å². The molecule has 4 heterocycles. The summed E-state index contributed by atoms with van der Waals surface area (Å²) in [4.78, 5) is 218. The second-order valence-corrected chi connectivity index (χ2v) is 27.9. The van der Waals surface area contributed by atoms with Crippen molar-refractivity contribution in [1.29, 1.82) is 0 Å². The van der Waals surface area contributed by atoms with Crippen molar-refractivity contribution in [2.45, 2.75) is 141 Å². The van der Waals surface area contributed by atoms with E-state index in [1.807, 2.05) is 20.1 Å². The number of aromatic nitrogens is 3. The molecule has 37 nitrogen and oxygen atoms in total. The van der Waals surface area contributed by atoms with Crippen molar-refractivity contribution in [3.63, 3.8) is 0 Å². The summed E-state index contributed by atoms with van der Waals surface area (Å²) in [5, 5.41) is 53.1. The van der Waals surface area contributed by atoms with Crippen LogP contribution in [-0.4, -0.2) is 302 Å². The summed E-state index contributed by atoms with van der Waals surface area (Å²) < 4.78 is 0. The van der Waals surface area contributed by atoms with Gasteiger partial charge in [-0.1, -0.05) is 45.9 Å². The van der Waals surface area contributed by atoms with E-state index in [9.17, 15) is 87.2 Å². The number of para-hydroxylation sites is 1. The van der Waals surface area contributed by atoms with Gasteiger partial charge in [-0.3, -0.25) is 91.5 Å². The summed E-state index contributed by atoms with van der Waals surface area (Å²) in [6, 6.07) is -3.27. The number of amides is 12. The molecule has 18 N–H and O–H groups in total. The number of fused-ring (bicyclic) bond motifs is 1. The van der Waals surface area contributed by atoms with E-state index in [0.717, 1.165) is 0 Å². The molecular weight excluding hydrogens is 1390 g/mol. The largest absolute Gasteiger partial charge is 0.480 e. The van der Waals surface area contributed by atoms with Gasteiger partial charge < -0.3 is 89.5 Å². The highest BCUT2D eigenvalue weighted by Gasteiger charge is 2.36. The van der Waals surface area contributed by atoms with Gasteiger partial charge in [0.05, 0.1) is 45.6 Å². The number of carboxylic acid groups (broad SMARTS) is 3. The zero-order valence-corrected chi connectivity index (χ0v) is 61.0. The van der Waals surface area contributed by atoms with E-state index in [0.29, 0.717) is 40.8 Å². The molecule has 2 fully saturated rings. The Morgan fingerprint density at radius 3 is 1.68 bits per heavy atom. The third-order valence-corrected chi connectivity index (χ3v) is 18.2. The van der Waals surface area contributed by atoms with Crippen molar-refractivity contribution in [3.05, 3.63) is 54.2 Å². The summed E-state index contributed by atoms with van der Waals surface area (Å²) in [7, 11) is 0. The van der Waals surface area contributed by atoms with E-state index in [-0.39, 0.29) is 130 Å². The minimum absolute atomic E-state index is 0.0617. The van der Waals surface area contributed by atoms with Crippen LogP contribution in [0, 0.1) is 11.8 Å². The maximum atomic E-state index is 14.5. The number of H-pyrrole nitrogens is 2. The molecular formula is C67H103N19O18S. The number of nitrogens with zero attached hydrogens (tertiary/aromatic N) is 6. The molecule has 0 saturated carbocycles. The minimum atomic E-state index is -1.55. The third kappa shape index (κ3) is 30.4. The number of hydrogen-bond acceptors (Lipinski definition) is 21. The van der Waals surface area contributed by atoms with E-state index < -0.39 is 163 Å². The quantitative estimate of drug-likeness (QED) is 0.0255. The number of nitrogens with one attached hydrogen (secondary N) is 11. The standard InChI is InChI=1S/C67H103N19O18S/c1-39(2)27-49(64(101)78-46(60(69)97)16-26-105-6)79-65(102)51(29-43-31-70-38-73-43)77-53(88)32-72-66(103)59(40(3)4)81-61(98)41(5)74-63(100)50(28-42-30-71-45-12-8-7-11-44(42)45)80-62(99)47(14-15-52(68)87)75-55(90)34-86-17-10-9-13-48(67(86)104)76-54(89)33-82-18-20-83(35-56(91)92)22-24-85(37-58(95)96)25-23-84(21-19-82)36-57(93)94/h7-8,11-12,30-31,38-41,46-51,59,71H,9-10,13-29,32-37H2,1-6H3,(H2,68,87)(H2,69,97)(H,70,73)(H,72,103)(H,74,100)(H,75,90)(H,76,89)(H,77,88)(H,78,101)(H,79,102)(H,80,99)(H,81,98)(H,91,92)(H,93,94)(H,95,96)/t41-,46-,47-,48+,49-,50-,51-,59-/m0/s1. The average Bonchev–Trinajstić information content (AvgIpc) is 1.71. The molecule has 2 aliphatic heterocycles. The highest BCUT2D eigenvalue weighted by Crippen LogP contribution is 2.21. The maximum absolute atomic E-state index is 14.5. The second-order valence-electron chi connectivity index (χ2n) is 26.9. The molecule has 0 spiro atoms. The maximum Gasteiger partial charge on any atom is 0.317 e. The van der Waals surface area contributed by atoms with Crippen LogP contribution in [0.3, 0.4) is 0 Å². The monoisotopic (exact) mass is 1490 g/mol. The summed E-state index contributed by atoms with van der Waals surface area (Å²) in [5.41, 5.74) is 12.8. The molecule has 2 aromatic heterocycles. The first-order valence-corrected chi connectivity index (χ1v) is 36.3. The summed E-state index contributed by atoms with van der Waals surface area (Å²) in [6.07, 6.45) is 6.54. The van der Waals surface area contributed by atoms with Crippen LogP contribution in [0.4, 0.5) is 0 Å². The summed E-state index contributed by atoms with van der Waals surface area (Å²) in [6.45, 7) is 6.69. The van der Waals surface area contributed by atoms with Crippen LogP contribution >= 0.6 is 11.8 Å². The molecule has 2 aliphatic rings. The number of carbonyl (C=O) groups is 15. The predicted molar refractivity (Wildman–Crippen MR) is 382 cm³/mol. The van der Waals surface area contributed by atoms with Crippen LogP contribution in [0.2, 0.25) is 0 Å². The normalized spacial score (nSPS) is 17.3. The molecule has 105 heavy (non-hydrogen) atoms. The lowest BCUT2D eigenvalue weighted by Crippen LogP contribution is -2.59. The molecule has 0 bridgehead atoms. The van der Waals surface area contributed by atoms with E-state index in [1.54, 1.807) is 63.9 Å². The SMILES string of the molecule is CSCC[C@H](NC(=O)[C@H](CC(C)C)NC(=O)[C@H](Cc1cnc[nH]1)NC(=O)CNC(=O)[C@@H](NC(=O)[C@H](C)NC(=O)[C@H](Cc1c[nH]c2ccccc12)NC(=O)[C@H](CCC(N)=O)NC(=O)CN1CCCC[C@@H](NC(=O)CN2CCN(CC(=O)O)CCN(CC(=O)O)CCN(CC(=O)O)CC2)C1=O)C(C)C)C(N)=O. The third-order valence-electron chi connectivity index (χ3n) is 17.6. The molecule has 0 radical (unpaired) electrons. The molecule has 12 amide bonds. The van der Waals surface area contributed by atoms with Gasteiger partial charge in [0, 0.05) is 107 Å². The number of imidazole rings is 1. The highest BCUT2D eigenvalue weighted by atomic mass is 32.2. The molecule has 580 valence electrons. The van der Waals surface area contributed by atoms with Crippen molar-refractivity contribution >= 4 is 111 Å². The minimum Gasteiger partial charge on any atom is -0.480 e. The number of carbonyl (C=O) groups excluding carboxylic acids is 12. The lowest BCUT2D eigenvalue weighted by molar-refractivity contribution is -0.140. The van der Waals surface area contributed by atoms with Gasteiger partial charge in [0.15, 0.2) is 0 Å². The van der Waals surface area contributed by atoms with Crippen molar-refractivity contribution in [3.8, 4) is 0 Å². The fourth-order valence-electron chi connectivity index (χ4n) is 11.9. The van der Waals surface area contributed by atoms with Crippen LogP contribution in [0.25, 0.3) is 10.9 Å². The molecule has 0 aliphatic carbocycles. The Labute approximate surface area is 612 Å². The zero-order chi connectivity index (χ0) is 77.4. The Morgan fingerprint density at radius 2 is 1.12 bits per heavy atom. The van der Waals surface area contributed by atoms with Crippen LogP contribution in [-0.2, 0) is 84.8 Å². The van der Waals surface area contributed by atoms with Gasteiger partial charge in [-0.05, 0) is 80.9 Å². The summed E-state index contributed by atoms with van der Waals surface area (Å²) >= 11 is 1.45. The number of benzene rings is 1. The van der Waals surface area contributed by atoms with Gasteiger partial charge in [-0.2, -0.15) is 11.8 Å². The zero-order valence-electron chi connectivity index (χ0n) is 60.2. The molecule has 1 aromatic carbocycles. The van der Waals surface area contributed by atoms with Crippen LogP contribution in [0.5, 0.6) is 0 Å². The number of aromatic amines is 2. The van der Waals surface area contributed by atoms with Crippen molar-refractivity contribution < 1.29 is 87.2 Å². The Balaban J connectivity index is 1.25. The fraction of sp³-hybridized carbons (Fsp3) is 0.612. The Morgan fingerprint density at radius 1 is 0.581 bits per heavy atom. The van der Waals surface area contributed by atoms with E-state index >= 15 is 0 Å². The predicted octanol–water partition coefficient (Wildman–Crippen LogP) is -4.62. The average molecular weight is 1490 g/mol. The molecule has 2 saturated heterocycles. The Kier molecular flexibility index (Phi) is 35.5. The van der Waals surface area contributed by atoms with E-state index in [4.69, 9.17) is 11.5 Å². The number of rotatable bonds is 40. The first-order valence-electron chi connectivity index (χ1n) is 34.9. The first kappa shape index (κ1) is 85.9. The van der Waals surface area contributed by atoms with Gasteiger partial charge >= 0.3 is 17.9 Å². The smallest absolute Gasteiger partial charge is 0.317 e. The highest BCUT2D eigenvalue weighted by molar-refractivity contribution is 7.98. The number of aliphatic carboxylic acids is 3. The topological polar surface area (TPSA) is 538 Å². The molecule has 0 unspecified atom stereocenters. The molecule has 3 aromatic rings. The number of thioether (sulfide) groups is 1. The van der Waals surface area contributed by atoms with Gasteiger partial charge in [0.2, 0.25) is 70.9 Å². The van der Waals surface area contributed by atoms with Crippen LogP contribution in [0.1, 0.15) is 90.8 Å². The number of hydrogen-bond donors (Lipinski definition) is 16. The van der Waals surface area contributed by atoms with Gasteiger partial charge in [0.25, 0.3) is 0 Å². The number of primary amides is 2. The summed E-state index contributed by atoms with van der Waals surface area (Å²) in [5.74, 6) is -13.1. The second kappa shape index (κ2) is 43.5. The lowest BCUT2D eigenvalue weighted by atomic mass is 10.0. The lowest BCUT2D eigenvalue weighted by Gasteiger charge is -2.33. The van der Waals surface area contributed by atoms with Crippen molar-refractivity contribution in [2.75, 3.05) is 110 Å². The Bertz CT molecular complexity index is 3450. The van der Waals surface area contributed by atoms with E-state index in [2.05, 4.69) is 62.8 Å². The molecule has 8 atom stereocenters. The molecule has 5 rings (SSSR count). The number of likely N-dealkylation sites (tertiary alicyclic amines) is 1. The Hall–Kier alpha value is -9.79. The van der Waals surface area contributed by atoms with Crippen molar-refractivity contribution in [1.82, 2.24) is 87.3 Å². The van der Waals surface area contributed by atoms with Gasteiger partial charge in [-0.25, -0.2) is 4.98 Å². The fourth-order valence-corrected chi connectivity index (χ4v) is 12.4. The number of carboxylic acids is 3. The van der Waals surface area contributed by atoms with Crippen molar-refractivity contribution in [2.24, 2.45) is 23.3 Å². The number of nitrogens with two attached hydrogens (primary N) is 2.